The average Bonchev–Trinajstić information content (AvgIpc) is 2.87. The smallest absolute Gasteiger partial charge is 0.264 e. The van der Waals surface area contributed by atoms with Crippen molar-refractivity contribution in [2.75, 3.05) is 10.8 Å². The fourth-order valence-corrected chi connectivity index (χ4v) is 5.76. The summed E-state index contributed by atoms with van der Waals surface area (Å²) in [7, 11) is -4.11. The molecule has 0 saturated heterocycles. The van der Waals surface area contributed by atoms with Crippen molar-refractivity contribution in [1.82, 2.24) is 10.2 Å². The molecule has 0 bridgehead atoms. The minimum atomic E-state index is -4.11. The molecule has 214 valence electrons. The largest absolute Gasteiger partial charge is 0.350 e. The van der Waals surface area contributed by atoms with Crippen molar-refractivity contribution < 1.29 is 18.0 Å². The first-order chi connectivity index (χ1) is 18.6. The van der Waals surface area contributed by atoms with Crippen LogP contribution in [0.5, 0.6) is 0 Å². The van der Waals surface area contributed by atoms with Crippen LogP contribution in [-0.4, -0.2) is 43.3 Å². The summed E-state index contributed by atoms with van der Waals surface area (Å²) in [5.41, 5.74) is 4.36. The summed E-state index contributed by atoms with van der Waals surface area (Å²) in [6, 6.07) is 19.0. The summed E-state index contributed by atoms with van der Waals surface area (Å²) in [4.78, 5) is 28.8. The Bertz CT molecular complexity index is 1460. The molecule has 8 heteroatoms. The predicted molar refractivity (Wildman–Crippen MR) is 161 cm³/mol. The molecule has 7 nitrogen and oxygen atoms in total. The molecule has 0 aliphatic heterocycles. The van der Waals surface area contributed by atoms with E-state index in [4.69, 9.17) is 0 Å². The quantitative estimate of drug-likeness (QED) is 0.375. The fourth-order valence-electron chi connectivity index (χ4n) is 4.29. The van der Waals surface area contributed by atoms with Crippen molar-refractivity contribution in [3.8, 4) is 0 Å². The highest BCUT2D eigenvalue weighted by Crippen LogP contribution is 2.29. The number of benzene rings is 3. The molecule has 0 heterocycles. The van der Waals surface area contributed by atoms with Crippen molar-refractivity contribution in [3.63, 3.8) is 0 Å². The SMILES string of the molecule is Cc1ccc(CN(C(=O)CN(c2cc(C)ccc2C)S(=O)(=O)c2ccc(C)cc2)C(C)C(=O)NC(C)(C)C)cc1. The zero-order valence-electron chi connectivity index (χ0n) is 24.8. The Hall–Kier alpha value is -3.65. The van der Waals surface area contributed by atoms with Gasteiger partial charge in [-0.3, -0.25) is 13.9 Å². The highest BCUT2D eigenvalue weighted by Gasteiger charge is 2.34. The van der Waals surface area contributed by atoms with Crippen LogP contribution in [0, 0.1) is 27.7 Å². The molecular weight excluding hydrogens is 522 g/mol. The summed E-state index contributed by atoms with van der Waals surface area (Å²) in [6.07, 6.45) is 0. The number of nitrogens with one attached hydrogen (secondary N) is 1. The molecular formula is C32H41N3O4S. The zero-order valence-corrected chi connectivity index (χ0v) is 25.6. The van der Waals surface area contributed by atoms with E-state index in [0.29, 0.717) is 5.69 Å². The molecule has 0 aromatic heterocycles. The van der Waals surface area contributed by atoms with Crippen LogP contribution >= 0.6 is 0 Å². The number of carbonyl (C=O) groups excluding carboxylic acids is 2. The zero-order chi connectivity index (χ0) is 29.8. The number of aryl methyl sites for hydroxylation is 4. The molecule has 1 atom stereocenters. The normalized spacial score (nSPS) is 12.5. The Morgan fingerprint density at radius 1 is 0.825 bits per heavy atom. The number of carbonyl (C=O) groups is 2. The number of rotatable bonds is 9. The van der Waals surface area contributed by atoms with Crippen LogP contribution in [0.1, 0.15) is 55.5 Å². The molecule has 1 N–H and O–H groups in total. The third-order valence-electron chi connectivity index (χ3n) is 6.66. The maximum Gasteiger partial charge on any atom is 0.264 e. The van der Waals surface area contributed by atoms with Gasteiger partial charge in [0.15, 0.2) is 0 Å². The number of hydrogen-bond acceptors (Lipinski definition) is 4. The van der Waals surface area contributed by atoms with Gasteiger partial charge < -0.3 is 10.2 Å². The second kappa shape index (κ2) is 12.3. The van der Waals surface area contributed by atoms with Gasteiger partial charge in [0.1, 0.15) is 12.6 Å². The van der Waals surface area contributed by atoms with Gasteiger partial charge in [-0.2, -0.15) is 0 Å². The molecule has 40 heavy (non-hydrogen) atoms. The minimum Gasteiger partial charge on any atom is -0.350 e. The van der Waals surface area contributed by atoms with Crippen molar-refractivity contribution in [2.24, 2.45) is 0 Å². The number of hydrogen-bond donors (Lipinski definition) is 1. The Morgan fingerprint density at radius 3 is 1.90 bits per heavy atom. The van der Waals surface area contributed by atoms with Crippen LogP contribution in [0.3, 0.4) is 0 Å². The predicted octanol–water partition coefficient (Wildman–Crippen LogP) is 5.45. The first-order valence-corrected chi connectivity index (χ1v) is 14.9. The Balaban J connectivity index is 2.08. The maximum atomic E-state index is 14.1. The van der Waals surface area contributed by atoms with E-state index in [1.807, 2.05) is 84.9 Å². The molecule has 0 radical (unpaired) electrons. The van der Waals surface area contributed by atoms with Crippen LogP contribution in [0.4, 0.5) is 5.69 Å². The monoisotopic (exact) mass is 563 g/mol. The number of anilines is 1. The van der Waals surface area contributed by atoms with E-state index in [1.165, 1.54) is 9.21 Å². The van der Waals surface area contributed by atoms with Crippen LogP contribution < -0.4 is 9.62 Å². The van der Waals surface area contributed by atoms with E-state index in [9.17, 15) is 18.0 Å². The van der Waals surface area contributed by atoms with Crippen LogP contribution in [-0.2, 0) is 26.2 Å². The molecule has 3 aromatic rings. The molecule has 0 saturated carbocycles. The third-order valence-corrected chi connectivity index (χ3v) is 8.43. The first-order valence-electron chi connectivity index (χ1n) is 13.4. The Labute approximate surface area is 239 Å². The molecule has 0 aliphatic carbocycles. The second-order valence-electron chi connectivity index (χ2n) is 11.5. The minimum absolute atomic E-state index is 0.0930. The number of nitrogens with zero attached hydrogens (tertiary/aromatic N) is 2. The summed E-state index contributed by atoms with van der Waals surface area (Å²) in [6.45, 7) is 14.6. The van der Waals surface area contributed by atoms with Gasteiger partial charge in [-0.1, -0.05) is 59.7 Å². The number of amides is 2. The lowest BCUT2D eigenvalue weighted by Gasteiger charge is -2.34. The van der Waals surface area contributed by atoms with E-state index in [2.05, 4.69) is 5.32 Å². The van der Waals surface area contributed by atoms with Gasteiger partial charge in [-0.05, 0) is 90.3 Å². The van der Waals surface area contributed by atoms with Gasteiger partial charge in [-0.25, -0.2) is 8.42 Å². The van der Waals surface area contributed by atoms with Gasteiger partial charge in [0.25, 0.3) is 10.0 Å². The molecule has 1 unspecified atom stereocenters. The third kappa shape index (κ3) is 7.72. The first kappa shape index (κ1) is 30.9. The Kier molecular flexibility index (Phi) is 9.46. The van der Waals surface area contributed by atoms with E-state index >= 15 is 0 Å². The topological polar surface area (TPSA) is 86.8 Å². The van der Waals surface area contributed by atoms with Gasteiger partial charge in [-0.15, -0.1) is 0 Å². The molecule has 3 aromatic carbocycles. The number of sulfonamides is 1. The van der Waals surface area contributed by atoms with Gasteiger partial charge in [0.05, 0.1) is 10.6 Å². The lowest BCUT2D eigenvalue weighted by Crippen LogP contribution is -2.54. The van der Waals surface area contributed by atoms with Crippen LogP contribution in [0.25, 0.3) is 0 Å². The summed E-state index contributed by atoms with van der Waals surface area (Å²) >= 11 is 0. The van der Waals surface area contributed by atoms with Gasteiger partial charge in [0.2, 0.25) is 11.8 Å². The average molecular weight is 564 g/mol. The highest BCUT2D eigenvalue weighted by molar-refractivity contribution is 7.92. The molecule has 2 amide bonds. The lowest BCUT2D eigenvalue weighted by molar-refractivity contribution is -0.140. The van der Waals surface area contributed by atoms with Crippen molar-refractivity contribution in [3.05, 3.63) is 94.5 Å². The van der Waals surface area contributed by atoms with E-state index in [1.54, 1.807) is 37.3 Å². The van der Waals surface area contributed by atoms with Crippen molar-refractivity contribution in [2.45, 2.75) is 78.4 Å². The fraction of sp³-hybridized carbons (Fsp3) is 0.375. The molecule has 0 fully saturated rings. The summed E-state index contributed by atoms with van der Waals surface area (Å²) in [5.74, 6) is -0.790. The van der Waals surface area contributed by atoms with Gasteiger partial charge in [0, 0.05) is 12.1 Å². The van der Waals surface area contributed by atoms with Crippen molar-refractivity contribution >= 4 is 27.5 Å². The van der Waals surface area contributed by atoms with E-state index in [0.717, 1.165) is 27.8 Å². The molecule has 0 aliphatic rings. The summed E-state index contributed by atoms with van der Waals surface area (Å²) < 4.78 is 29.2. The van der Waals surface area contributed by atoms with Gasteiger partial charge >= 0.3 is 0 Å². The lowest BCUT2D eigenvalue weighted by atomic mass is 10.1. The summed E-state index contributed by atoms with van der Waals surface area (Å²) in [5, 5.41) is 2.95. The highest BCUT2D eigenvalue weighted by atomic mass is 32.2. The van der Waals surface area contributed by atoms with Crippen LogP contribution in [0.2, 0.25) is 0 Å². The van der Waals surface area contributed by atoms with E-state index in [-0.39, 0.29) is 17.3 Å². The second-order valence-corrected chi connectivity index (χ2v) is 13.4. The maximum absolute atomic E-state index is 14.1. The van der Waals surface area contributed by atoms with E-state index < -0.39 is 34.1 Å². The molecule has 0 spiro atoms. The van der Waals surface area contributed by atoms with Crippen LogP contribution in [0.15, 0.2) is 71.6 Å². The Morgan fingerprint density at radius 2 is 1.35 bits per heavy atom. The van der Waals surface area contributed by atoms with Crippen molar-refractivity contribution in [1.29, 1.82) is 0 Å². The standard InChI is InChI=1S/C32H41N3O4S/c1-22-10-15-27(16-11-22)20-34(26(5)31(37)33-32(6,7)8)30(36)21-35(29-19-24(3)9-14-25(29)4)40(38,39)28-17-12-23(2)13-18-28/h9-19,26H,20-21H2,1-8H3,(H,33,37). The molecule has 3 rings (SSSR count).